The van der Waals surface area contributed by atoms with E-state index in [1.165, 1.54) is 0 Å². The minimum absolute atomic E-state index is 0.166. The molecule has 6 rings (SSSR count). The van der Waals surface area contributed by atoms with Crippen molar-refractivity contribution in [3.05, 3.63) is 89.7 Å². The quantitative estimate of drug-likeness (QED) is 0.180. The highest BCUT2D eigenvalue weighted by atomic mass is 16.5. The first-order valence-corrected chi connectivity index (χ1v) is 14.3. The molecule has 2 aromatic heterocycles. The number of aryl methyl sites for hydroxylation is 2. The molecular formula is C34H33N3O5. The zero-order valence-electron chi connectivity index (χ0n) is 23.6. The van der Waals surface area contributed by atoms with Gasteiger partial charge in [-0.05, 0) is 54.3 Å². The normalized spacial score (nSPS) is 13.3. The molecule has 0 aliphatic carbocycles. The number of benzene rings is 3. The molecule has 1 aliphatic heterocycles. The molecule has 0 radical (unpaired) electrons. The molecule has 0 bridgehead atoms. The van der Waals surface area contributed by atoms with Gasteiger partial charge in [-0.25, -0.2) is 9.78 Å². The fourth-order valence-corrected chi connectivity index (χ4v) is 5.77. The molecule has 0 unspecified atom stereocenters. The van der Waals surface area contributed by atoms with Crippen LogP contribution in [-0.4, -0.2) is 58.2 Å². The summed E-state index contributed by atoms with van der Waals surface area (Å²) in [5.74, 6) is 0.467. The van der Waals surface area contributed by atoms with Crippen LogP contribution in [0.25, 0.3) is 32.8 Å². The van der Waals surface area contributed by atoms with Gasteiger partial charge in [0, 0.05) is 41.6 Å². The predicted molar refractivity (Wildman–Crippen MR) is 162 cm³/mol. The lowest BCUT2D eigenvalue weighted by atomic mass is 9.98. The maximum Gasteiger partial charge on any atom is 0.352 e. The van der Waals surface area contributed by atoms with Gasteiger partial charge < -0.3 is 24.5 Å². The van der Waals surface area contributed by atoms with E-state index in [0.717, 1.165) is 62.6 Å². The van der Waals surface area contributed by atoms with E-state index in [2.05, 4.69) is 22.1 Å². The van der Waals surface area contributed by atoms with Crippen LogP contribution in [-0.2, 0) is 11.2 Å². The Morgan fingerprint density at radius 3 is 2.64 bits per heavy atom. The van der Waals surface area contributed by atoms with Crippen LogP contribution in [0.2, 0.25) is 0 Å². The molecule has 42 heavy (non-hydrogen) atoms. The van der Waals surface area contributed by atoms with Crippen molar-refractivity contribution in [2.45, 2.75) is 32.6 Å². The third-order valence-corrected chi connectivity index (χ3v) is 7.88. The Bertz CT molecular complexity index is 1770. The van der Waals surface area contributed by atoms with Crippen LogP contribution in [0.15, 0.2) is 72.9 Å². The average Bonchev–Trinajstić information content (AvgIpc) is 3.59. The highest BCUT2D eigenvalue weighted by Crippen LogP contribution is 2.35. The number of carbonyl (C=O) groups is 2. The number of pyridine rings is 1. The number of fused-ring (bicyclic) bond motifs is 2. The molecule has 0 atom stereocenters. The van der Waals surface area contributed by atoms with Crippen LogP contribution in [0, 0.1) is 6.92 Å². The minimum Gasteiger partial charge on any atom is -0.493 e. The number of rotatable bonds is 11. The number of nitrogens with zero attached hydrogens (tertiary/aromatic N) is 2. The summed E-state index contributed by atoms with van der Waals surface area (Å²) in [5, 5.41) is 13.1. The van der Waals surface area contributed by atoms with Crippen molar-refractivity contribution in [3.63, 3.8) is 0 Å². The lowest BCUT2D eigenvalue weighted by Gasteiger charge is -2.16. The number of aromatic carboxylic acids is 1. The van der Waals surface area contributed by atoms with E-state index in [9.17, 15) is 14.7 Å². The molecule has 3 aromatic carbocycles. The molecule has 5 aromatic rings. The van der Waals surface area contributed by atoms with E-state index in [-0.39, 0.29) is 11.6 Å². The van der Waals surface area contributed by atoms with Gasteiger partial charge >= 0.3 is 5.97 Å². The number of para-hydroxylation sites is 1. The maximum atomic E-state index is 12.3. The van der Waals surface area contributed by atoms with Gasteiger partial charge in [0.1, 0.15) is 18.1 Å². The minimum atomic E-state index is -0.992. The number of amides is 1. The van der Waals surface area contributed by atoms with E-state index >= 15 is 0 Å². The zero-order chi connectivity index (χ0) is 29.1. The van der Waals surface area contributed by atoms with Crippen molar-refractivity contribution in [3.8, 4) is 22.8 Å². The molecule has 8 heteroatoms. The van der Waals surface area contributed by atoms with Crippen molar-refractivity contribution >= 4 is 33.6 Å². The van der Waals surface area contributed by atoms with Crippen LogP contribution >= 0.6 is 0 Å². The third kappa shape index (κ3) is 5.52. The number of aromatic amines is 1. The van der Waals surface area contributed by atoms with Gasteiger partial charge in [-0.3, -0.25) is 4.79 Å². The Kier molecular flexibility index (Phi) is 7.77. The Hall–Kier alpha value is -4.85. The number of nitrogens with one attached hydrogen (secondary N) is 1. The Morgan fingerprint density at radius 1 is 1.00 bits per heavy atom. The van der Waals surface area contributed by atoms with Crippen molar-refractivity contribution in [2.75, 3.05) is 26.3 Å². The van der Waals surface area contributed by atoms with Gasteiger partial charge in [0.15, 0.2) is 0 Å². The molecule has 2 N–H and O–H groups in total. The van der Waals surface area contributed by atoms with Crippen molar-refractivity contribution < 1.29 is 24.2 Å². The van der Waals surface area contributed by atoms with E-state index in [1.54, 1.807) is 6.20 Å². The standard InChI is InChI=1S/C34H33N3O5/c1-22-21-35-30(42-19-17-37-16-6-15-31(37)38)20-28(22)27-12-5-11-25-26(33(34(39)40)36-32(25)27)13-7-18-41-29-14-4-9-23-8-2-3-10-24(23)29/h2-5,8-12,14,20-21,36H,6-7,13,15-19H2,1H3,(H,39,40). The van der Waals surface area contributed by atoms with Gasteiger partial charge in [0.05, 0.1) is 18.7 Å². The van der Waals surface area contributed by atoms with E-state index in [4.69, 9.17) is 9.47 Å². The zero-order valence-corrected chi connectivity index (χ0v) is 23.6. The fourth-order valence-electron chi connectivity index (χ4n) is 5.77. The first-order chi connectivity index (χ1) is 20.5. The summed E-state index contributed by atoms with van der Waals surface area (Å²) in [6.45, 7) is 4.10. The molecule has 1 saturated heterocycles. The monoisotopic (exact) mass is 563 g/mol. The van der Waals surface area contributed by atoms with Crippen LogP contribution in [0.3, 0.4) is 0 Å². The van der Waals surface area contributed by atoms with Crippen LogP contribution < -0.4 is 9.47 Å². The van der Waals surface area contributed by atoms with E-state index in [1.807, 2.05) is 66.4 Å². The van der Waals surface area contributed by atoms with E-state index in [0.29, 0.717) is 44.9 Å². The number of carboxylic acid groups (broad SMARTS) is 1. The lowest BCUT2D eigenvalue weighted by molar-refractivity contribution is -0.128. The summed E-state index contributed by atoms with van der Waals surface area (Å²) >= 11 is 0. The van der Waals surface area contributed by atoms with Crippen LogP contribution in [0.5, 0.6) is 11.6 Å². The third-order valence-electron chi connectivity index (χ3n) is 7.88. The lowest BCUT2D eigenvalue weighted by Crippen LogP contribution is -2.29. The largest absolute Gasteiger partial charge is 0.493 e. The highest BCUT2D eigenvalue weighted by molar-refractivity contribution is 6.03. The predicted octanol–water partition coefficient (Wildman–Crippen LogP) is 6.40. The van der Waals surface area contributed by atoms with Crippen LogP contribution in [0.4, 0.5) is 0 Å². The number of carbonyl (C=O) groups excluding carboxylic acids is 1. The van der Waals surface area contributed by atoms with Gasteiger partial charge in [-0.15, -0.1) is 0 Å². The summed E-state index contributed by atoms with van der Waals surface area (Å²) in [5.41, 5.74) is 4.46. The Balaban J connectivity index is 1.21. The molecule has 0 saturated carbocycles. The van der Waals surface area contributed by atoms with Gasteiger partial charge in [0.25, 0.3) is 0 Å². The molecule has 1 aliphatic rings. The number of ether oxygens (including phenoxy) is 2. The fraction of sp³-hybridized carbons (Fsp3) is 0.265. The second-order valence-electron chi connectivity index (χ2n) is 10.6. The topological polar surface area (TPSA) is 105 Å². The molecule has 0 spiro atoms. The Labute approximate surface area is 243 Å². The van der Waals surface area contributed by atoms with E-state index < -0.39 is 5.97 Å². The summed E-state index contributed by atoms with van der Waals surface area (Å²) in [6.07, 6.45) is 4.46. The maximum absolute atomic E-state index is 12.3. The SMILES string of the molecule is Cc1cnc(OCCN2CCCC2=O)cc1-c1cccc2c(CCCOc3cccc4ccccc34)c(C(=O)O)[nH]c12. The van der Waals surface area contributed by atoms with Crippen LogP contribution in [0.1, 0.15) is 40.9 Å². The highest BCUT2D eigenvalue weighted by Gasteiger charge is 2.21. The number of carboxylic acids is 1. The number of aromatic nitrogens is 2. The summed E-state index contributed by atoms with van der Waals surface area (Å²) in [6, 6.07) is 21.9. The number of likely N-dealkylation sites (tertiary alicyclic amines) is 1. The van der Waals surface area contributed by atoms with Gasteiger partial charge in [-0.1, -0.05) is 54.6 Å². The summed E-state index contributed by atoms with van der Waals surface area (Å²) in [4.78, 5) is 33.6. The van der Waals surface area contributed by atoms with Crippen molar-refractivity contribution in [2.24, 2.45) is 0 Å². The molecule has 1 fully saturated rings. The molecular weight excluding hydrogens is 530 g/mol. The summed E-state index contributed by atoms with van der Waals surface area (Å²) in [7, 11) is 0. The summed E-state index contributed by atoms with van der Waals surface area (Å²) < 4.78 is 12.0. The van der Waals surface area contributed by atoms with Crippen molar-refractivity contribution in [1.82, 2.24) is 14.9 Å². The second kappa shape index (κ2) is 11.9. The number of hydrogen-bond donors (Lipinski definition) is 2. The first kappa shape index (κ1) is 27.3. The van der Waals surface area contributed by atoms with Gasteiger partial charge in [0.2, 0.25) is 11.8 Å². The average molecular weight is 564 g/mol. The smallest absolute Gasteiger partial charge is 0.352 e. The van der Waals surface area contributed by atoms with Gasteiger partial charge in [-0.2, -0.15) is 0 Å². The molecule has 1 amide bonds. The van der Waals surface area contributed by atoms with Crippen molar-refractivity contribution in [1.29, 1.82) is 0 Å². The second-order valence-corrected chi connectivity index (χ2v) is 10.6. The Morgan fingerprint density at radius 2 is 1.81 bits per heavy atom. The number of H-pyrrole nitrogens is 1. The molecule has 8 nitrogen and oxygen atoms in total. The number of hydrogen-bond acceptors (Lipinski definition) is 5. The first-order valence-electron chi connectivity index (χ1n) is 14.3. The molecule has 3 heterocycles. The molecule has 214 valence electrons.